The fourth-order valence-corrected chi connectivity index (χ4v) is 4.40. The number of nitrogens with zero attached hydrogens (tertiary/aromatic N) is 4. The maximum absolute atomic E-state index is 11.8. The molecule has 1 saturated carbocycles. The lowest BCUT2D eigenvalue weighted by Gasteiger charge is -2.17. The van der Waals surface area contributed by atoms with Crippen LogP contribution in [0.2, 0.25) is 5.02 Å². The van der Waals surface area contributed by atoms with Gasteiger partial charge in [-0.3, -0.25) is 0 Å². The van der Waals surface area contributed by atoms with Gasteiger partial charge in [0, 0.05) is 23.2 Å². The van der Waals surface area contributed by atoms with Gasteiger partial charge in [0.15, 0.2) is 11.5 Å². The molecule has 0 saturated heterocycles. The minimum absolute atomic E-state index is 0.169. The summed E-state index contributed by atoms with van der Waals surface area (Å²) in [6.07, 6.45) is 2.32. The van der Waals surface area contributed by atoms with E-state index in [2.05, 4.69) is 45.0 Å². The number of fused-ring (bicyclic) bond motifs is 1. The van der Waals surface area contributed by atoms with Gasteiger partial charge in [-0.1, -0.05) is 41.4 Å². The zero-order valence-corrected chi connectivity index (χ0v) is 20.1. The van der Waals surface area contributed by atoms with Crippen LogP contribution in [0.4, 0.5) is 5.82 Å². The van der Waals surface area contributed by atoms with E-state index in [0.29, 0.717) is 34.5 Å². The average molecular weight is 476 g/mol. The molecule has 0 amide bonds. The first kappa shape index (κ1) is 22.3. The highest BCUT2D eigenvalue weighted by atomic mass is 35.5. The van der Waals surface area contributed by atoms with Gasteiger partial charge in [0.1, 0.15) is 11.3 Å². The number of aromatic carboxylic acids is 1. The first-order valence-corrected chi connectivity index (χ1v) is 11.8. The van der Waals surface area contributed by atoms with Gasteiger partial charge in [0.25, 0.3) is 0 Å². The van der Waals surface area contributed by atoms with Crippen molar-refractivity contribution in [2.45, 2.75) is 46.2 Å². The predicted molar refractivity (Wildman–Crippen MR) is 134 cm³/mol. The summed E-state index contributed by atoms with van der Waals surface area (Å²) in [6.45, 7) is 6.71. The third kappa shape index (κ3) is 4.35. The van der Waals surface area contributed by atoms with Crippen LogP contribution in [-0.2, 0) is 6.54 Å². The van der Waals surface area contributed by atoms with Crippen molar-refractivity contribution in [3.63, 3.8) is 0 Å². The molecule has 7 nitrogen and oxygen atoms in total. The Labute approximate surface area is 202 Å². The summed E-state index contributed by atoms with van der Waals surface area (Å²) in [5.74, 6) is 0.348. The lowest BCUT2D eigenvalue weighted by atomic mass is 10.0. The molecule has 34 heavy (non-hydrogen) atoms. The molecule has 5 rings (SSSR count). The molecular weight excluding hydrogens is 450 g/mol. The third-order valence-electron chi connectivity index (χ3n) is 6.38. The number of aryl methyl sites for hydroxylation is 2. The number of halogens is 1. The lowest BCUT2D eigenvalue weighted by molar-refractivity contribution is 0.0684. The number of benzene rings is 2. The second-order valence-electron chi connectivity index (χ2n) is 9.11. The highest BCUT2D eigenvalue weighted by Gasteiger charge is 2.30. The Hall–Kier alpha value is -3.45. The third-order valence-corrected chi connectivity index (χ3v) is 6.63. The molecule has 0 aliphatic heterocycles. The van der Waals surface area contributed by atoms with E-state index in [1.807, 2.05) is 38.1 Å². The first-order chi connectivity index (χ1) is 16.3. The molecular formula is C26H26ClN5O2. The van der Waals surface area contributed by atoms with Gasteiger partial charge >= 0.3 is 5.97 Å². The van der Waals surface area contributed by atoms with E-state index in [-0.39, 0.29) is 11.9 Å². The van der Waals surface area contributed by atoms with E-state index >= 15 is 0 Å². The largest absolute Gasteiger partial charge is 0.475 e. The van der Waals surface area contributed by atoms with Gasteiger partial charge in [0.05, 0.1) is 0 Å². The summed E-state index contributed by atoms with van der Waals surface area (Å²) in [5.41, 5.74) is 5.27. The van der Waals surface area contributed by atoms with Crippen LogP contribution in [0.5, 0.6) is 0 Å². The van der Waals surface area contributed by atoms with Crippen LogP contribution in [0, 0.1) is 19.8 Å². The zero-order valence-electron chi connectivity index (χ0n) is 19.3. The summed E-state index contributed by atoms with van der Waals surface area (Å²) in [5, 5.41) is 13.8. The fourth-order valence-electron chi connectivity index (χ4n) is 4.27. The lowest BCUT2D eigenvalue weighted by Crippen LogP contribution is -2.20. The quantitative estimate of drug-likeness (QED) is 0.355. The van der Waals surface area contributed by atoms with Crippen molar-refractivity contribution in [3.05, 3.63) is 70.0 Å². The number of carboxylic acid groups (broad SMARTS) is 1. The number of hydrogen-bond acceptors (Lipinski definition) is 5. The van der Waals surface area contributed by atoms with Gasteiger partial charge < -0.3 is 15.0 Å². The van der Waals surface area contributed by atoms with E-state index in [4.69, 9.17) is 16.6 Å². The highest BCUT2D eigenvalue weighted by molar-refractivity contribution is 6.30. The Morgan fingerprint density at radius 1 is 1.15 bits per heavy atom. The molecule has 1 fully saturated rings. The van der Waals surface area contributed by atoms with Crippen LogP contribution in [-0.4, -0.2) is 36.6 Å². The minimum atomic E-state index is -1.18. The van der Waals surface area contributed by atoms with E-state index in [9.17, 15) is 9.90 Å². The Morgan fingerprint density at radius 3 is 2.56 bits per heavy atom. The molecule has 8 heteroatoms. The summed E-state index contributed by atoms with van der Waals surface area (Å²) in [7, 11) is 0. The smallest absolute Gasteiger partial charge is 0.374 e. The Bertz CT molecular complexity index is 1390. The van der Waals surface area contributed by atoms with Crippen LogP contribution in [0.1, 0.15) is 47.1 Å². The summed E-state index contributed by atoms with van der Waals surface area (Å²) in [4.78, 5) is 25.4. The number of hydrogen-bond donors (Lipinski definition) is 2. The number of carbonyl (C=O) groups is 1. The molecule has 2 heterocycles. The molecule has 2 aromatic heterocycles. The molecule has 1 aliphatic rings. The SMILES string of the molecule is Cc1ccc(C)c(-c2nc3nc(C(=O)O)nc(NC(C)C4CC4)c3n2Cc2ccc(Cl)cc2)c1. The van der Waals surface area contributed by atoms with Crippen LogP contribution in [0.3, 0.4) is 0 Å². The van der Waals surface area contributed by atoms with Gasteiger partial charge in [0.2, 0.25) is 5.82 Å². The molecule has 1 atom stereocenters. The Morgan fingerprint density at radius 2 is 1.88 bits per heavy atom. The van der Waals surface area contributed by atoms with E-state index in [1.165, 1.54) is 0 Å². The fraction of sp³-hybridized carbons (Fsp3) is 0.308. The summed E-state index contributed by atoms with van der Waals surface area (Å²) in [6, 6.07) is 14.1. The van der Waals surface area contributed by atoms with Gasteiger partial charge in [-0.15, -0.1) is 0 Å². The number of carboxylic acids is 1. The van der Waals surface area contributed by atoms with E-state index in [0.717, 1.165) is 40.9 Å². The van der Waals surface area contributed by atoms with Crippen molar-refractivity contribution >= 4 is 34.6 Å². The van der Waals surface area contributed by atoms with E-state index in [1.54, 1.807) is 0 Å². The van der Waals surface area contributed by atoms with Crippen LogP contribution < -0.4 is 5.32 Å². The van der Waals surface area contributed by atoms with Crippen molar-refractivity contribution in [1.82, 2.24) is 19.5 Å². The number of aromatic nitrogens is 4. The Balaban J connectivity index is 1.76. The van der Waals surface area contributed by atoms with Crippen molar-refractivity contribution in [3.8, 4) is 11.4 Å². The van der Waals surface area contributed by atoms with Gasteiger partial charge in [-0.25, -0.2) is 19.7 Å². The molecule has 0 spiro atoms. The maximum Gasteiger partial charge on any atom is 0.374 e. The van der Waals surface area contributed by atoms with E-state index < -0.39 is 5.97 Å². The monoisotopic (exact) mass is 475 g/mol. The molecule has 1 unspecified atom stereocenters. The maximum atomic E-state index is 11.8. The van der Waals surface area contributed by atoms with Gasteiger partial charge in [-0.05, 0) is 68.9 Å². The molecule has 174 valence electrons. The average Bonchev–Trinajstić information content (AvgIpc) is 3.59. The summed E-state index contributed by atoms with van der Waals surface area (Å²) < 4.78 is 2.08. The van der Waals surface area contributed by atoms with Crippen molar-refractivity contribution in [1.29, 1.82) is 0 Å². The normalized spacial score (nSPS) is 14.4. The molecule has 1 aliphatic carbocycles. The predicted octanol–water partition coefficient (Wildman–Crippen LogP) is 5.72. The minimum Gasteiger partial charge on any atom is -0.475 e. The highest BCUT2D eigenvalue weighted by Crippen LogP contribution is 2.36. The topological polar surface area (TPSA) is 92.9 Å². The zero-order chi connectivity index (χ0) is 24.0. The van der Waals surface area contributed by atoms with Crippen molar-refractivity contribution in [2.75, 3.05) is 5.32 Å². The van der Waals surface area contributed by atoms with Crippen LogP contribution in [0.15, 0.2) is 42.5 Å². The van der Waals surface area contributed by atoms with Crippen LogP contribution in [0.25, 0.3) is 22.6 Å². The molecule has 2 N–H and O–H groups in total. The van der Waals surface area contributed by atoms with Crippen molar-refractivity contribution < 1.29 is 9.90 Å². The van der Waals surface area contributed by atoms with Gasteiger partial charge in [-0.2, -0.15) is 0 Å². The molecule has 0 radical (unpaired) electrons. The number of anilines is 1. The van der Waals surface area contributed by atoms with Crippen molar-refractivity contribution in [2.24, 2.45) is 5.92 Å². The first-order valence-electron chi connectivity index (χ1n) is 11.4. The summed E-state index contributed by atoms with van der Waals surface area (Å²) >= 11 is 6.11. The molecule has 2 aromatic carbocycles. The molecule has 4 aromatic rings. The number of rotatable bonds is 7. The Kier molecular flexibility index (Phi) is 5.73. The second-order valence-corrected chi connectivity index (χ2v) is 9.55. The standard InChI is InChI=1S/C26H26ClN5O2/c1-14-4-5-15(2)20(12-14)25-31-23-21(32(25)13-17-6-10-19(27)11-7-17)22(28-16(3)18-8-9-18)29-24(30-23)26(33)34/h4-7,10-12,16,18H,8-9,13H2,1-3H3,(H,33,34)(H,28,29,30). The number of imidazole rings is 1. The second kappa shape index (κ2) is 8.72. The van der Waals surface area contributed by atoms with Crippen LogP contribution >= 0.6 is 11.6 Å². The number of nitrogens with one attached hydrogen (secondary N) is 1. The molecule has 0 bridgehead atoms.